The van der Waals surface area contributed by atoms with Crippen LogP contribution in [0.1, 0.15) is 47.3 Å². The van der Waals surface area contributed by atoms with Gasteiger partial charge in [-0.2, -0.15) is 0 Å². The van der Waals surface area contributed by atoms with Crippen LogP contribution in [0.3, 0.4) is 0 Å². The molecule has 0 fully saturated rings. The summed E-state index contributed by atoms with van der Waals surface area (Å²) in [7, 11) is 0. The van der Waals surface area contributed by atoms with E-state index in [1.54, 1.807) is 0 Å². The molecule has 2 atom stereocenters. The lowest BCUT2D eigenvalue weighted by Gasteiger charge is -2.27. The van der Waals surface area contributed by atoms with Gasteiger partial charge in [-0.25, -0.2) is 4.98 Å². The van der Waals surface area contributed by atoms with E-state index in [9.17, 15) is 0 Å². The molecule has 106 valence electrons. The Kier molecular flexibility index (Phi) is 4.18. The molecule has 3 rings (SSSR count). The van der Waals surface area contributed by atoms with Crippen LogP contribution in [0.5, 0.6) is 0 Å². The number of aryl methyl sites for hydroxylation is 2. The van der Waals surface area contributed by atoms with E-state index in [4.69, 9.17) is 0 Å². The van der Waals surface area contributed by atoms with Crippen LogP contribution in [0.2, 0.25) is 0 Å². The SMILES string of the molecule is CCc1cnc(C(C)NC2CCc3ccccc3C2)s1. The normalized spacial score (nSPS) is 19.6. The van der Waals surface area contributed by atoms with Gasteiger partial charge >= 0.3 is 0 Å². The third-order valence-corrected chi connectivity index (χ3v) is 5.45. The molecule has 1 aliphatic rings. The number of rotatable bonds is 4. The molecule has 0 radical (unpaired) electrons. The summed E-state index contributed by atoms with van der Waals surface area (Å²) in [6.45, 7) is 4.42. The lowest BCUT2D eigenvalue weighted by molar-refractivity contribution is 0.413. The van der Waals surface area contributed by atoms with Crippen molar-refractivity contribution >= 4 is 11.3 Å². The van der Waals surface area contributed by atoms with Gasteiger partial charge < -0.3 is 5.32 Å². The molecule has 1 N–H and O–H groups in total. The van der Waals surface area contributed by atoms with Crippen molar-refractivity contribution in [2.75, 3.05) is 0 Å². The maximum absolute atomic E-state index is 4.55. The Bertz CT molecular complexity index is 576. The standard InChI is InChI=1S/C17H22N2S/c1-3-16-11-18-17(20-16)12(2)19-15-9-8-13-6-4-5-7-14(13)10-15/h4-7,11-12,15,19H,3,8-10H2,1-2H3. The van der Waals surface area contributed by atoms with Crippen molar-refractivity contribution in [1.82, 2.24) is 10.3 Å². The van der Waals surface area contributed by atoms with Crippen LogP contribution in [0.4, 0.5) is 0 Å². The lowest BCUT2D eigenvalue weighted by atomic mass is 9.88. The van der Waals surface area contributed by atoms with Crippen LogP contribution in [-0.2, 0) is 19.3 Å². The first-order chi connectivity index (χ1) is 9.76. The number of hydrogen-bond acceptors (Lipinski definition) is 3. The quantitative estimate of drug-likeness (QED) is 0.921. The second kappa shape index (κ2) is 6.06. The van der Waals surface area contributed by atoms with E-state index in [2.05, 4.69) is 48.4 Å². The first-order valence-electron chi connectivity index (χ1n) is 7.53. The number of hydrogen-bond donors (Lipinski definition) is 1. The number of aromatic nitrogens is 1. The van der Waals surface area contributed by atoms with Crippen molar-refractivity contribution in [2.24, 2.45) is 0 Å². The molecule has 0 saturated heterocycles. The van der Waals surface area contributed by atoms with Crippen molar-refractivity contribution in [3.05, 3.63) is 51.5 Å². The molecular weight excluding hydrogens is 264 g/mol. The number of nitrogens with one attached hydrogen (secondary N) is 1. The average molecular weight is 286 g/mol. The van der Waals surface area contributed by atoms with Gasteiger partial charge in [-0.1, -0.05) is 31.2 Å². The Morgan fingerprint density at radius 3 is 2.90 bits per heavy atom. The van der Waals surface area contributed by atoms with Crippen molar-refractivity contribution < 1.29 is 0 Å². The smallest absolute Gasteiger partial charge is 0.109 e. The van der Waals surface area contributed by atoms with Crippen LogP contribution in [0.15, 0.2) is 30.5 Å². The summed E-state index contributed by atoms with van der Waals surface area (Å²) in [5.41, 5.74) is 3.04. The summed E-state index contributed by atoms with van der Waals surface area (Å²) in [6.07, 6.45) is 6.67. The molecule has 0 spiro atoms. The van der Waals surface area contributed by atoms with Gasteiger partial charge in [0.1, 0.15) is 5.01 Å². The number of benzene rings is 1. The molecule has 2 aromatic rings. The number of thiazole rings is 1. The predicted octanol–water partition coefficient (Wildman–Crippen LogP) is 3.91. The Labute approximate surface area is 125 Å². The highest BCUT2D eigenvalue weighted by Crippen LogP contribution is 2.25. The maximum atomic E-state index is 4.55. The van der Waals surface area contributed by atoms with Gasteiger partial charge in [0.05, 0.1) is 6.04 Å². The van der Waals surface area contributed by atoms with Crippen molar-refractivity contribution in [1.29, 1.82) is 0 Å². The Morgan fingerprint density at radius 1 is 1.35 bits per heavy atom. The second-order valence-electron chi connectivity index (χ2n) is 5.62. The van der Waals surface area contributed by atoms with E-state index in [1.165, 1.54) is 33.9 Å². The molecule has 2 nitrogen and oxygen atoms in total. The van der Waals surface area contributed by atoms with E-state index in [-0.39, 0.29) is 0 Å². The Morgan fingerprint density at radius 2 is 2.15 bits per heavy atom. The molecule has 0 aliphatic heterocycles. The Hall–Kier alpha value is -1.19. The van der Waals surface area contributed by atoms with E-state index in [1.807, 2.05) is 17.5 Å². The molecule has 0 bridgehead atoms. The second-order valence-corrected chi connectivity index (χ2v) is 6.76. The fraction of sp³-hybridized carbons (Fsp3) is 0.471. The fourth-order valence-electron chi connectivity index (χ4n) is 2.95. The molecular formula is C17H22N2S. The van der Waals surface area contributed by atoms with E-state index in [0.717, 1.165) is 12.8 Å². The van der Waals surface area contributed by atoms with Gasteiger partial charge in [0, 0.05) is 17.1 Å². The summed E-state index contributed by atoms with van der Waals surface area (Å²) in [5, 5.41) is 4.98. The van der Waals surface area contributed by atoms with Crippen LogP contribution in [0, 0.1) is 0 Å². The van der Waals surface area contributed by atoms with E-state index in [0.29, 0.717) is 12.1 Å². The fourth-order valence-corrected chi connectivity index (χ4v) is 3.82. The van der Waals surface area contributed by atoms with Crippen LogP contribution < -0.4 is 5.32 Å². The zero-order valence-corrected chi connectivity index (χ0v) is 13.0. The summed E-state index contributed by atoms with van der Waals surface area (Å²) in [5.74, 6) is 0. The third-order valence-electron chi connectivity index (χ3n) is 4.12. The topological polar surface area (TPSA) is 24.9 Å². The summed E-state index contributed by atoms with van der Waals surface area (Å²) in [6, 6.07) is 9.77. The first-order valence-corrected chi connectivity index (χ1v) is 8.35. The minimum absolute atomic E-state index is 0.357. The first kappa shape index (κ1) is 13.8. The molecule has 1 aromatic heterocycles. The maximum Gasteiger partial charge on any atom is 0.109 e. The van der Waals surface area contributed by atoms with Gasteiger partial charge in [0.25, 0.3) is 0 Å². The zero-order valence-electron chi connectivity index (χ0n) is 12.2. The highest BCUT2D eigenvalue weighted by atomic mass is 32.1. The molecule has 1 heterocycles. The molecule has 2 unspecified atom stereocenters. The van der Waals surface area contributed by atoms with Gasteiger partial charge in [-0.05, 0) is 43.7 Å². The summed E-state index contributed by atoms with van der Waals surface area (Å²) >= 11 is 1.84. The largest absolute Gasteiger partial charge is 0.305 e. The molecule has 1 aromatic carbocycles. The Balaban J connectivity index is 1.64. The number of nitrogens with zero attached hydrogens (tertiary/aromatic N) is 1. The molecule has 20 heavy (non-hydrogen) atoms. The van der Waals surface area contributed by atoms with Crippen LogP contribution in [-0.4, -0.2) is 11.0 Å². The minimum Gasteiger partial charge on any atom is -0.305 e. The molecule has 3 heteroatoms. The molecule has 0 amide bonds. The van der Waals surface area contributed by atoms with Crippen molar-refractivity contribution in [3.8, 4) is 0 Å². The van der Waals surface area contributed by atoms with Gasteiger partial charge in [0.15, 0.2) is 0 Å². The minimum atomic E-state index is 0.357. The summed E-state index contributed by atoms with van der Waals surface area (Å²) in [4.78, 5) is 5.93. The van der Waals surface area contributed by atoms with E-state index >= 15 is 0 Å². The highest BCUT2D eigenvalue weighted by Gasteiger charge is 2.21. The monoisotopic (exact) mass is 286 g/mol. The van der Waals surface area contributed by atoms with Gasteiger partial charge in [-0.15, -0.1) is 11.3 Å². The van der Waals surface area contributed by atoms with Crippen molar-refractivity contribution in [3.63, 3.8) is 0 Å². The zero-order chi connectivity index (χ0) is 13.9. The number of fused-ring (bicyclic) bond motifs is 1. The third kappa shape index (κ3) is 2.94. The summed E-state index contributed by atoms with van der Waals surface area (Å²) < 4.78 is 0. The predicted molar refractivity (Wildman–Crippen MR) is 85.3 cm³/mol. The van der Waals surface area contributed by atoms with Crippen LogP contribution in [0.25, 0.3) is 0 Å². The van der Waals surface area contributed by atoms with E-state index < -0.39 is 0 Å². The lowest BCUT2D eigenvalue weighted by Crippen LogP contribution is -2.36. The molecule has 1 aliphatic carbocycles. The molecule has 0 saturated carbocycles. The van der Waals surface area contributed by atoms with Crippen LogP contribution >= 0.6 is 11.3 Å². The van der Waals surface area contributed by atoms with Crippen molar-refractivity contribution in [2.45, 2.75) is 51.6 Å². The van der Waals surface area contributed by atoms with Gasteiger partial charge in [0.2, 0.25) is 0 Å². The van der Waals surface area contributed by atoms with Gasteiger partial charge in [-0.3, -0.25) is 0 Å². The average Bonchev–Trinajstić information content (AvgIpc) is 2.96. The highest BCUT2D eigenvalue weighted by molar-refractivity contribution is 7.11.